The van der Waals surface area contributed by atoms with Crippen molar-refractivity contribution in [3.05, 3.63) is 59.0 Å². The van der Waals surface area contributed by atoms with Crippen molar-refractivity contribution in [3.63, 3.8) is 0 Å². The van der Waals surface area contributed by atoms with Crippen LogP contribution in [0.2, 0.25) is 0 Å². The molecule has 2 N–H and O–H groups in total. The number of aromatic nitrogens is 1. The Labute approximate surface area is 165 Å². The van der Waals surface area contributed by atoms with Crippen molar-refractivity contribution in [2.45, 2.75) is 32.7 Å². The summed E-state index contributed by atoms with van der Waals surface area (Å²) in [5.74, 6) is 1.90. The monoisotopic (exact) mass is 382 g/mol. The Kier molecular flexibility index (Phi) is 5.27. The number of aromatic amines is 1. The van der Waals surface area contributed by atoms with E-state index in [0.29, 0.717) is 12.5 Å². The fourth-order valence-corrected chi connectivity index (χ4v) is 3.87. The van der Waals surface area contributed by atoms with E-state index >= 15 is 0 Å². The van der Waals surface area contributed by atoms with Gasteiger partial charge < -0.3 is 19.8 Å². The summed E-state index contributed by atoms with van der Waals surface area (Å²) >= 11 is 0. The summed E-state index contributed by atoms with van der Waals surface area (Å²) in [5, 5.41) is 4.55. The number of fused-ring (bicyclic) bond motifs is 3. The summed E-state index contributed by atoms with van der Waals surface area (Å²) in [6.45, 7) is 5.88. The summed E-state index contributed by atoms with van der Waals surface area (Å²) in [7, 11) is 1.67. The lowest BCUT2D eigenvalue weighted by atomic mass is 9.94. The van der Waals surface area contributed by atoms with Crippen molar-refractivity contribution in [1.29, 1.82) is 0 Å². The van der Waals surface area contributed by atoms with Crippen LogP contribution in [0.5, 0.6) is 11.5 Å². The molecule has 5 heteroatoms. The van der Waals surface area contributed by atoms with Crippen LogP contribution in [0.25, 0.3) is 10.9 Å². The van der Waals surface area contributed by atoms with Crippen LogP contribution in [0.1, 0.15) is 43.1 Å². The third-order valence-corrected chi connectivity index (χ3v) is 5.39. The summed E-state index contributed by atoms with van der Waals surface area (Å²) in [4.78, 5) is 3.49. The predicted octanol–water partition coefficient (Wildman–Crippen LogP) is 4.98. The second kappa shape index (κ2) is 7.84. The molecule has 0 fully saturated rings. The molecule has 1 unspecified atom stereocenters. The summed E-state index contributed by atoms with van der Waals surface area (Å²) in [6, 6.07) is 11.0. The number of ether oxygens (including phenoxy) is 2. The minimum atomic E-state index is -0.200. The predicted molar refractivity (Wildman–Crippen MR) is 110 cm³/mol. The van der Waals surface area contributed by atoms with Gasteiger partial charge in [0.25, 0.3) is 0 Å². The molecule has 1 atom stereocenters. The van der Waals surface area contributed by atoms with Crippen LogP contribution < -0.4 is 14.8 Å². The topological polar surface area (TPSA) is 46.3 Å². The van der Waals surface area contributed by atoms with Crippen molar-refractivity contribution < 1.29 is 13.9 Å². The molecule has 2 heterocycles. The minimum Gasteiger partial charge on any atom is -0.493 e. The zero-order valence-electron chi connectivity index (χ0n) is 16.6. The van der Waals surface area contributed by atoms with Gasteiger partial charge in [-0.1, -0.05) is 19.9 Å². The van der Waals surface area contributed by atoms with E-state index in [4.69, 9.17) is 9.47 Å². The summed E-state index contributed by atoms with van der Waals surface area (Å²) < 4.78 is 25.2. The molecule has 1 aliphatic heterocycles. The third-order valence-electron chi connectivity index (χ3n) is 5.39. The lowest BCUT2D eigenvalue weighted by molar-refractivity contribution is 0.272. The highest BCUT2D eigenvalue weighted by Crippen LogP contribution is 2.37. The molecule has 148 valence electrons. The molecule has 1 aliphatic rings. The van der Waals surface area contributed by atoms with E-state index < -0.39 is 0 Å². The molecule has 1 aromatic heterocycles. The van der Waals surface area contributed by atoms with Gasteiger partial charge in [0.2, 0.25) is 0 Å². The van der Waals surface area contributed by atoms with E-state index in [2.05, 4.69) is 30.2 Å². The molecule has 0 saturated carbocycles. The molecule has 4 nitrogen and oxygen atoms in total. The van der Waals surface area contributed by atoms with Crippen LogP contribution in [-0.2, 0) is 6.42 Å². The Balaban J connectivity index is 1.66. The third kappa shape index (κ3) is 3.59. The smallest absolute Gasteiger partial charge is 0.161 e. The lowest BCUT2D eigenvalue weighted by Crippen LogP contribution is -2.30. The van der Waals surface area contributed by atoms with Crippen LogP contribution in [0, 0.1) is 11.7 Å². The summed E-state index contributed by atoms with van der Waals surface area (Å²) in [5.41, 5.74) is 4.36. The highest BCUT2D eigenvalue weighted by atomic mass is 19.1. The number of hydrogen-bond donors (Lipinski definition) is 2. The van der Waals surface area contributed by atoms with Gasteiger partial charge in [-0.15, -0.1) is 0 Å². The molecule has 0 radical (unpaired) electrons. The zero-order valence-corrected chi connectivity index (χ0v) is 16.6. The molecular formula is C23H27FN2O2. The average molecular weight is 382 g/mol. The molecule has 2 aromatic carbocycles. The second-order valence-corrected chi connectivity index (χ2v) is 7.79. The number of methoxy groups -OCH3 is 1. The normalized spacial score (nSPS) is 16.4. The number of rotatable bonds is 6. The van der Waals surface area contributed by atoms with Gasteiger partial charge in [0.1, 0.15) is 5.82 Å². The number of benzene rings is 2. The maximum absolute atomic E-state index is 13.7. The average Bonchev–Trinajstić information content (AvgIpc) is 3.06. The largest absolute Gasteiger partial charge is 0.493 e. The Morgan fingerprint density at radius 3 is 2.79 bits per heavy atom. The van der Waals surface area contributed by atoms with Gasteiger partial charge in [0, 0.05) is 23.1 Å². The van der Waals surface area contributed by atoms with Gasteiger partial charge in [-0.2, -0.15) is 0 Å². The SMILES string of the molecule is COc1cc(C2NCCc3c2[nH]c2ccc(F)cc32)ccc1OCCC(C)C. The van der Waals surface area contributed by atoms with E-state index in [0.717, 1.165) is 53.0 Å². The first-order valence-corrected chi connectivity index (χ1v) is 9.91. The molecule has 28 heavy (non-hydrogen) atoms. The number of nitrogens with one attached hydrogen (secondary N) is 2. The molecule has 0 aliphatic carbocycles. The first kappa shape index (κ1) is 18.8. The first-order valence-electron chi connectivity index (χ1n) is 9.91. The fourth-order valence-electron chi connectivity index (χ4n) is 3.87. The highest BCUT2D eigenvalue weighted by molar-refractivity contribution is 5.85. The molecule has 0 amide bonds. The van der Waals surface area contributed by atoms with E-state index in [9.17, 15) is 4.39 Å². The van der Waals surface area contributed by atoms with Crippen molar-refractivity contribution in [3.8, 4) is 11.5 Å². The van der Waals surface area contributed by atoms with Gasteiger partial charge in [-0.25, -0.2) is 4.39 Å². The Bertz CT molecular complexity index is 980. The van der Waals surface area contributed by atoms with Crippen LogP contribution in [0.4, 0.5) is 4.39 Å². The molecule has 3 aromatic rings. The second-order valence-electron chi connectivity index (χ2n) is 7.79. The number of hydrogen-bond acceptors (Lipinski definition) is 3. The standard InChI is InChI=1S/C23H27FN2O2/c1-14(2)9-11-28-20-7-4-15(12-21(20)27-3)22-23-17(8-10-25-22)18-13-16(24)5-6-19(18)26-23/h4-7,12-14,22,25-26H,8-11H2,1-3H3. The van der Waals surface area contributed by atoms with Crippen molar-refractivity contribution >= 4 is 10.9 Å². The van der Waals surface area contributed by atoms with Crippen molar-refractivity contribution in [2.75, 3.05) is 20.3 Å². The first-order chi connectivity index (χ1) is 13.6. The van der Waals surface area contributed by atoms with Gasteiger partial charge in [-0.3, -0.25) is 0 Å². The molecular weight excluding hydrogens is 355 g/mol. The number of halogens is 1. The van der Waals surface area contributed by atoms with Crippen molar-refractivity contribution in [2.24, 2.45) is 5.92 Å². The molecule has 4 rings (SSSR count). The van der Waals surface area contributed by atoms with Crippen LogP contribution in [-0.4, -0.2) is 25.2 Å². The van der Waals surface area contributed by atoms with E-state index in [1.54, 1.807) is 13.2 Å². The molecule has 0 spiro atoms. The minimum absolute atomic E-state index is 0.0119. The van der Waals surface area contributed by atoms with E-state index in [1.807, 2.05) is 18.2 Å². The van der Waals surface area contributed by atoms with Gasteiger partial charge in [-0.05, 0) is 60.2 Å². The number of H-pyrrole nitrogens is 1. The zero-order chi connectivity index (χ0) is 19.7. The molecule has 0 saturated heterocycles. The molecule has 0 bridgehead atoms. The van der Waals surface area contributed by atoms with E-state index in [1.165, 1.54) is 11.6 Å². The highest BCUT2D eigenvalue weighted by Gasteiger charge is 2.26. The van der Waals surface area contributed by atoms with Crippen LogP contribution in [0.3, 0.4) is 0 Å². The maximum atomic E-state index is 13.7. The fraction of sp³-hybridized carbons (Fsp3) is 0.391. The van der Waals surface area contributed by atoms with Gasteiger partial charge in [0.15, 0.2) is 11.5 Å². The Hall–Kier alpha value is -2.53. The summed E-state index contributed by atoms with van der Waals surface area (Å²) in [6.07, 6.45) is 1.88. The van der Waals surface area contributed by atoms with Crippen LogP contribution in [0.15, 0.2) is 36.4 Å². The maximum Gasteiger partial charge on any atom is 0.161 e. The van der Waals surface area contributed by atoms with Gasteiger partial charge in [0.05, 0.1) is 19.8 Å². The van der Waals surface area contributed by atoms with Gasteiger partial charge >= 0.3 is 0 Å². The quantitative estimate of drug-likeness (QED) is 0.632. The van der Waals surface area contributed by atoms with Crippen molar-refractivity contribution in [1.82, 2.24) is 10.3 Å². The Morgan fingerprint density at radius 1 is 1.14 bits per heavy atom. The van der Waals surface area contributed by atoms with E-state index in [-0.39, 0.29) is 11.9 Å². The lowest BCUT2D eigenvalue weighted by Gasteiger charge is -2.25. The Morgan fingerprint density at radius 2 is 2.00 bits per heavy atom. The van der Waals surface area contributed by atoms with Crippen LogP contribution >= 0.6 is 0 Å².